The second kappa shape index (κ2) is 8.67. The van der Waals surface area contributed by atoms with Gasteiger partial charge in [0.2, 0.25) is 11.8 Å². The number of aromatic nitrogens is 1. The number of hydrogen-bond acceptors (Lipinski definition) is 5. The second-order valence-electron chi connectivity index (χ2n) is 6.49. The molecule has 3 aromatic rings. The third-order valence-corrected chi connectivity index (χ3v) is 4.91. The smallest absolute Gasteiger partial charge is 0.227 e. The van der Waals surface area contributed by atoms with Gasteiger partial charge < -0.3 is 14.6 Å². The highest BCUT2D eigenvalue weighted by molar-refractivity contribution is 5.78. The lowest BCUT2D eigenvalue weighted by Crippen LogP contribution is -2.03. The summed E-state index contributed by atoms with van der Waals surface area (Å²) >= 11 is 0. The number of hydrogen-bond donors (Lipinski definition) is 1. The number of aldehydes is 1. The van der Waals surface area contributed by atoms with E-state index in [1.165, 1.54) is 7.11 Å². The van der Waals surface area contributed by atoms with Crippen LogP contribution in [0.3, 0.4) is 0 Å². The molecule has 0 bridgehead atoms. The molecule has 1 heterocycles. The van der Waals surface area contributed by atoms with Crippen molar-refractivity contribution in [3.63, 3.8) is 0 Å². The Morgan fingerprint density at radius 3 is 2.21 bits per heavy atom. The predicted octanol–water partition coefficient (Wildman–Crippen LogP) is 4.26. The highest BCUT2D eigenvalue weighted by Gasteiger charge is 2.12. The van der Waals surface area contributed by atoms with E-state index in [1.54, 1.807) is 12.1 Å². The van der Waals surface area contributed by atoms with Gasteiger partial charge in [-0.15, -0.1) is 0 Å². The molecule has 0 aliphatic heterocycles. The number of aliphatic hydroxyl groups excluding tert-OH is 1. The predicted molar refractivity (Wildman–Crippen MR) is 108 cm³/mol. The molecular formula is C23H23NO4. The van der Waals surface area contributed by atoms with Crippen LogP contribution in [0.5, 0.6) is 11.8 Å². The summed E-state index contributed by atoms with van der Waals surface area (Å²) in [5.74, 6) is 0.639. The van der Waals surface area contributed by atoms with Gasteiger partial charge in [0.1, 0.15) is 6.61 Å². The Bertz CT molecular complexity index is 998. The van der Waals surface area contributed by atoms with Crippen molar-refractivity contribution >= 4 is 6.29 Å². The first-order chi connectivity index (χ1) is 13.6. The molecule has 0 atom stereocenters. The Balaban J connectivity index is 1.87. The summed E-state index contributed by atoms with van der Waals surface area (Å²) in [4.78, 5) is 15.2. The van der Waals surface area contributed by atoms with Crippen molar-refractivity contribution in [2.75, 3.05) is 7.11 Å². The maximum absolute atomic E-state index is 11.0. The minimum Gasteiger partial charge on any atom is -0.480 e. The Labute approximate surface area is 164 Å². The Morgan fingerprint density at radius 1 is 0.964 bits per heavy atom. The zero-order valence-corrected chi connectivity index (χ0v) is 16.2. The van der Waals surface area contributed by atoms with Crippen molar-refractivity contribution in [1.82, 2.24) is 4.98 Å². The molecule has 0 spiro atoms. The first kappa shape index (κ1) is 19.6. The number of methoxy groups -OCH3 is 1. The van der Waals surface area contributed by atoms with Crippen molar-refractivity contribution < 1.29 is 19.4 Å². The van der Waals surface area contributed by atoms with E-state index >= 15 is 0 Å². The molecule has 0 aliphatic carbocycles. The average molecular weight is 377 g/mol. The minimum atomic E-state index is 0.0197. The molecular weight excluding hydrogens is 354 g/mol. The minimum absolute atomic E-state index is 0.0197. The van der Waals surface area contributed by atoms with E-state index in [0.29, 0.717) is 24.3 Å². The van der Waals surface area contributed by atoms with Gasteiger partial charge in [0.15, 0.2) is 6.29 Å². The quantitative estimate of drug-likeness (QED) is 0.623. The zero-order chi connectivity index (χ0) is 20.1. The molecule has 2 aromatic carbocycles. The topological polar surface area (TPSA) is 68.7 Å². The van der Waals surface area contributed by atoms with Crippen molar-refractivity contribution in [3.05, 3.63) is 76.3 Å². The van der Waals surface area contributed by atoms with E-state index in [-0.39, 0.29) is 12.5 Å². The summed E-state index contributed by atoms with van der Waals surface area (Å²) in [7, 11) is 1.47. The summed E-state index contributed by atoms with van der Waals surface area (Å²) in [6, 6.07) is 15.3. The molecule has 144 valence electrons. The maximum atomic E-state index is 11.0. The van der Waals surface area contributed by atoms with Gasteiger partial charge in [0.25, 0.3) is 0 Å². The number of benzene rings is 2. The number of aliphatic hydroxyl groups is 1. The third kappa shape index (κ3) is 3.89. The highest BCUT2D eigenvalue weighted by Crippen LogP contribution is 2.30. The van der Waals surface area contributed by atoms with E-state index < -0.39 is 0 Å². The summed E-state index contributed by atoms with van der Waals surface area (Å²) < 4.78 is 11.0. The van der Waals surface area contributed by atoms with Crippen LogP contribution in [-0.4, -0.2) is 23.5 Å². The molecule has 1 N–H and O–H groups in total. The van der Waals surface area contributed by atoms with Gasteiger partial charge in [-0.05, 0) is 53.3 Å². The number of rotatable bonds is 7. The van der Waals surface area contributed by atoms with E-state index in [4.69, 9.17) is 9.47 Å². The van der Waals surface area contributed by atoms with E-state index in [9.17, 15) is 9.90 Å². The molecule has 1 aromatic heterocycles. The summed E-state index contributed by atoms with van der Waals surface area (Å²) in [6.45, 7) is 4.44. The number of carbonyl (C=O) groups excluding carboxylic acids is 1. The molecule has 3 rings (SSSR count). The number of pyridine rings is 1. The lowest BCUT2D eigenvalue weighted by Gasteiger charge is -2.16. The molecule has 5 nitrogen and oxygen atoms in total. The van der Waals surface area contributed by atoms with Crippen molar-refractivity contribution in [2.24, 2.45) is 0 Å². The molecule has 0 radical (unpaired) electrons. The van der Waals surface area contributed by atoms with Crippen LogP contribution >= 0.6 is 0 Å². The normalized spacial score (nSPS) is 10.6. The highest BCUT2D eigenvalue weighted by atomic mass is 16.5. The van der Waals surface area contributed by atoms with E-state index in [1.807, 2.05) is 31.2 Å². The standard InChI is InChI=1S/C23H23NO4/c1-15-17(12-25)6-4-8-20(15)21-9-5-7-19(16(21)2)14-28-22-11-10-18(13-26)23(24-22)27-3/h4-11,13,25H,12,14H2,1-3H3. The van der Waals surface area contributed by atoms with Crippen LogP contribution < -0.4 is 9.47 Å². The van der Waals surface area contributed by atoms with Gasteiger partial charge in [-0.3, -0.25) is 4.79 Å². The first-order valence-electron chi connectivity index (χ1n) is 9.00. The monoisotopic (exact) mass is 377 g/mol. The molecule has 0 aliphatic rings. The summed E-state index contributed by atoms with van der Waals surface area (Å²) in [5, 5.41) is 9.55. The van der Waals surface area contributed by atoms with Crippen LogP contribution in [-0.2, 0) is 13.2 Å². The fourth-order valence-electron chi connectivity index (χ4n) is 3.20. The maximum Gasteiger partial charge on any atom is 0.227 e. The molecule has 5 heteroatoms. The lowest BCUT2D eigenvalue weighted by atomic mass is 9.92. The molecule has 0 fully saturated rings. The van der Waals surface area contributed by atoms with E-state index in [0.717, 1.165) is 33.4 Å². The van der Waals surface area contributed by atoms with Gasteiger partial charge >= 0.3 is 0 Å². The molecule has 0 saturated heterocycles. The zero-order valence-electron chi connectivity index (χ0n) is 16.2. The molecule has 0 saturated carbocycles. The van der Waals surface area contributed by atoms with Crippen LogP contribution in [0.25, 0.3) is 11.1 Å². The van der Waals surface area contributed by atoms with Gasteiger partial charge in [0.05, 0.1) is 19.3 Å². The third-order valence-electron chi connectivity index (χ3n) is 4.91. The van der Waals surface area contributed by atoms with Crippen LogP contribution in [0, 0.1) is 13.8 Å². The summed E-state index contributed by atoms with van der Waals surface area (Å²) in [6.07, 6.45) is 0.700. The van der Waals surface area contributed by atoms with Crippen LogP contribution in [0.4, 0.5) is 0 Å². The summed E-state index contributed by atoms with van der Waals surface area (Å²) in [5.41, 5.74) is 6.72. The van der Waals surface area contributed by atoms with Crippen molar-refractivity contribution in [2.45, 2.75) is 27.1 Å². The Hall–Kier alpha value is -3.18. The van der Waals surface area contributed by atoms with E-state index in [2.05, 4.69) is 24.0 Å². The fraction of sp³-hybridized carbons (Fsp3) is 0.217. The van der Waals surface area contributed by atoms with Gasteiger partial charge in [-0.1, -0.05) is 36.4 Å². The molecule has 0 amide bonds. The van der Waals surface area contributed by atoms with Crippen LogP contribution in [0.2, 0.25) is 0 Å². The average Bonchev–Trinajstić information content (AvgIpc) is 2.73. The fourth-order valence-corrected chi connectivity index (χ4v) is 3.20. The number of carbonyl (C=O) groups is 1. The SMILES string of the molecule is COc1nc(OCc2cccc(-c3cccc(CO)c3C)c2C)ccc1C=O. The molecule has 28 heavy (non-hydrogen) atoms. The Morgan fingerprint density at radius 2 is 1.61 bits per heavy atom. The number of ether oxygens (including phenoxy) is 2. The largest absolute Gasteiger partial charge is 0.480 e. The van der Waals surface area contributed by atoms with Gasteiger partial charge in [0, 0.05) is 6.07 Å². The van der Waals surface area contributed by atoms with Crippen molar-refractivity contribution in [3.8, 4) is 22.9 Å². The molecule has 0 unspecified atom stereocenters. The lowest BCUT2D eigenvalue weighted by molar-refractivity contribution is 0.111. The van der Waals surface area contributed by atoms with Crippen LogP contribution in [0.1, 0.15) is 32.6 Å². The first-order valence-corrected chi connectivity index (χ1v) is 9.00. The number of nitrogens with zero attached hydrogens (tertiary/aromatic N) is 1. The van der Waals surface area contributed by atoms with Crippen LogP contribution in [0.15, 0.2) is 48.5 Å². The van der Waals surface area contributed by atoms with Crippen molar-refractivity contribution in [1.29, 1.82) is 0 Å². The Kier molecular flexibility index (Phi) is 6.06. The van der Waals surface area contributed by atoms with Gasteiger partial charge in [-0.25, -0.2) is 0 Å². The van der Waals surface area contributed by atoms with Gasteiger partial charge in [-0.2, -0.15) is 4.98 Å². The second-order valence-corrected chi connectivity index (χ2v) is 6.49.